The van der Waals surface area contributed by atoms with E-state index in [9.17, 15) is 4.39 Å². The normalized spacial score (nSPS) is 16.5. The molecule has 1 N–H and O–H groups in total. The number of hydrogen-bond donors (Lipinski definition) is 1. The van der Waals surface area contributed by atoms with E-state index in [1.807, 2.05) is 17.7 Å². The summed E-state index contributed by atoms with van der Waals surface area (Å²) in [5.74, 6) is 0.498. The fraction of sp³-hybridized carbons (Fsp3) is 0.550. The van der Waals surface area contributed by atoms with Crippen LogP contribution in [0.3, 0.4) is 0 Å². The topological polar surface area (TPSA) is 41.3 Å². The molecule has 0 aliphatic carbocycles. The number of hydrogen-bond acceptors (Lipinski definition) is 3. The standard InChI is InChI=1S/C20H28FN3O/c1-15-20(16(2)24(22-15)10-11-25)14-23-8-6-17(7-9-23)12-18-4-3-5-19(21)13-18/h3-5,13,17,25H,6-12,14H2,1-2H3. The van der Waals surface area contributed by atoms with E-state index in [-0.39, 0.29) is 12.4 Å². The molecule has 1 saturated heterocycles. The third kappa shape index (κ3) is 4.47. The first-order valence-corrected chi connectivity index (χ1v) is 9.17. The molecule has 136 valence electrons. The Morgan fingerprint density at radius 1 is 1.24 bits per heavy atom. The average Bonchev–Trinajstić information content (AvgIpc) is 2.85. The van der Waals surface area contributed by atoms with Gasteiger partial charge in [-0.15, -0.1) is 0 Å². The van der Waals surface area contributed by atoms with E-state index in [0.717, 1.165) is 55.8 Å². The quantitative estimate of drug-likeness (QED) is 0.875. The zero-order chi connectivity index (χ0) is 17.8. The number of benzene rings is 1. The van der Waals surface area contributed by atoms with Crippen molar-refractivity contribution in [1.29, 1.82) is 0 Å². The minimum absolute atomic E-state index is 0.118. The largest absolute Gasteiger partial charge is 0.394 e. The van der Waals surface area contributed by atoms with E-state index < -0.39 is 0 Å². The third-order valence-electron chi connectivity index (χ3n) is 5.35. The predicted molar refractivity (Wildman–Crippen MR) is 96.9 cm³/mol. The van der Waals surface area contributed by atoms with Crippen LogP contribution in [0.15, 0.2) is 24.3 Å². The Bertz CT molecular complexity index is 705. The molecule has 0 unspecified atom stereocenters. The summed E-state index contributed by atoms with van der Waals surface area (Å²) >= 11 is 0. The fourth-order valence-corrected chi connectivity index (χ4v) is 3.84. The summed E-state index contributed by atoms with van der Waals surface area (Å²) in [5, 5.41) is 13.7. The van der Waals surface area contributed by atoms with Crippen LogP contribution in [-0.4, -0.2) is 39.5 Å². The molecule has 0 bridgehead atoms. The van der Waals surface area contributed by atoms with Crippen LogP contribution in [0.2, 0.25) is 0 Å². The Kier molecular flexibility index (Phi) is 5.86. The van der Waals surface area contributed by atoms with Crippen molar-refractivity contribution in [1.82, 2.24) is 14.7 Å². The van der Waals surface area contributed by atoms with Crippen LogP contribution in [0.5, 0.6) is 0 Å². The molecule has 1 aliphatic rings. The highest BCUT2D eigenvalue weighted by molar-refractivity contribution is 5.24. The van der Waals surface area contributed by atoms with Crippen molar-refractivity contribution in [2.24, 2.45) is 5.92 Å². The van der Waals surface area contributed by atoms with Gasteiger partial charge < -0.3 is 5.11 Å². The lowest BCUT2D eigenvalue weighted by Gasteiger charge is -2.32. The van der Waals surface area contributed by atoms with Crippen molar-refractivity contribution >= 4 is 0 Å². The second-order valence-corrected chi connectivity index (χ2v) is 7.15. The van der Waals surface area contributed by atoms with Crippen LogP contribution in [-0.2, 0) is 19.5 Å². The highest BCUT2D eigenvalue weighted by atomic mass is 19.1. The number of aryl methyl sites for hydroxylation is 1. The SMILES string of the molecule is Cc1nn(CCO)c(C)c1CN1CCC(Cc2cccc(F)c2)CC1. The lowest BCUT2D eigenvalue weighted by molar-refractivity contribution is 0.176. The van der Waals surface area contributed by atoms with Crippen LogP contribution in [0.4, 0.5) is 4.39 Å². The van der Waals surface area contributed by atoms with E-state index in [4.69, 9.17) is 5.11 Å². The number of aliphatic hydroxyl groups excluding tert-OH is 1. The molecular weight excluding hydrogens is 317 g/mol. The van der Waals surface area contributed by atoms with Crippen LogP contribution >= 0.6 is 0 Å². The lowest BCUT2D eigenvalue weighted by atomic mass is 9.90. The van der Waals surface area contributed by atoms with E-state index in [1.54, 1.807) is 12.1 Å². The van der Waals surface area contributed by atoms with Gasteiger partial charge in [0.2, 0.25) is 0 Å². The second kappa shape index (κ2) is 8.11. The van der Waals surface area contributed by atoms with Crippen molar-refractivity contribution in [3.8, 4) is 0 Å². The van der Waals surface area contributed by atoms with Gasteiger partial charge >= 0.3 is 0 Å². The molecule has 25 heavy (non-hydrogen) atoms. The zero-order valence-corrected chi connectivity index (χ0v) is 15.2. The van der Waals surface area contributed by atoms with Gasteiger partial charge in [-0.05, 0) is 69.8 Å². The molecule has 1 aromatic heterocycles. The van der Waals surface area contributed by atoms with Crippen molar-refractivity contribution in [3.63, 3.8) is 0 Å². The molecule has 3 rings (SSSR count). The number of aromatic nitrogens is 2. The van der Waals surface area contributed by atoms with Crippen molar-refractivity contribution in [3.05, 3.63) is 52.6 Å². The first kappa shape index (κ1) is 18.1. The van der Waals surface area contributed by atoms with Crippen LogP contribution in [0.25, 0.3) is 0 Å². The maximum atomic E-state index is 13.3. The Labute approximate surface area is 149 Å². The minimum Gasteiger partial charge on any atom is -0.394 e. The summed E-state index contributed by atoms with van der Waals surface area (Å²) in [5.41, 5.74) is 4.62. The van der Waals surface area contributed by atoms with Gasteiger partial charge in [0.25, 0.3) is 0 Å². The van der Waals surface area contributed by atoms with Gasteiger partial charge in [-0.2, -0.15) is 5.10 Å². The van der Waals surface area contributed by atoms with Gasteiger partial charge in [-0.1, -0.05) is 12.1 Å². The summed E-state index contributed by atoms with van der Waals surface area (Å²) in [7, 11) is 0. The highest BCUT2D eigenvalue weighted by Crippen LogP contribution is 2.24. The smallest absolute Gasteiger partial charge is 0.123 e. The molecule has 0 spiro atoms. The first-order chi connectivity index (χ1) is 12.1. The number of nitrogens with zero attached hydrogens (tertiary/aromatic N) is 3. The molecule has 1 aliphatic heterocycles. The van der Waals surface area contributed by atoms with E-state index in [2.05, 4.69) is 16.9 Å². The molecule has 0 radical (unpaired) electrons. The molecule has 1 aromatic carbocycles. The summed E-state index contributed by atoms with van der Waals surface area (Å²) in [4.78, 5) is 2.49. The number of aliphatic hydroxyl groups is 1. The number of rotatable bonds is 6. The highest BCUT2D eigenvalue weighted by Gasteiger charge is 2.22. The summed E-state index contributed by atoms with van der Waals surface area (Å²) in [6, 6.07) is 7.00. The van der Waals surface area contributed by atoms with Crippen molar-refractivity contribution < 1.29 is 9.50 Å². The Balaban J connectivity index is 1.54. The van der Waals surface area contributed by atoms with E-state index >= 15 is 0 Å². The Morgan fingerprint density at radius 3 is 2.68 bits per heavy atom. The summed E-state index contributed by atoms with van der Waals surface area (Å²) in [6.45, 7) is 7.88. The van der Waals surface area contributed by atoms with Gasteiger partial charge in [-0.3, -0.25) is 9.58 Å². The molecular formula is C20H28FN3O. The lowest BCUT2D eigenvalue weighted by Crippen LogP contribution is -2.34. The van der Waals surface area contributed by atoms with Crippen LogP contribution < -0.4 is 0 Å². The van der Waals surface area contributed by atoms with Gasteiger partial charge in [0.05, 0.1) is 18.8 Å². The molecule has 0 amide bonds. The predicted octanol–water partition coefficient (Wildman–Crippen LogP) is 3.09. The molecule has 2 heterocycles. The van der Waals surface area contributed by atoms with Gasteiger partial charge in [0, 0.05) is 17.8 Å². The number of piperidine rings is 1. The number of likely N-dealkylation sites (tertiary alicyclic amines) is 1. The minimum atomic E-state index is -0.138. The van der Waals surface area contributed by atoms with Gasteiger partial charge in [-0.25, -0.2) is 4.39 Å². The zero-order valence-electron chi connectivity index (χ0n) is 15.2. The van der Waals surface area contributed by atoms with E-state index in [0.29, 0.717) is 12.5 Å². The Morgan fingerprint density at radius 2 is 2.00 bits per heavy atom. The van der Waals surface area contributed by atoms with Gasteiger partial charge in [0.1, 0.15) is 5.82 Å². The third-order valence-corrected chi connectivity index (χ3v) is 5.35. The summed E-state index contributed by atoms with van der Waals surface area (Å²) < 4.78 is 15.2. The average molecular weight is 345 g/mol. The monoisotopic (exact) mass is 345 g/mol. The first-order valence-electron chi connectivity index (χ1n) is 9.17. The van der Waals surface area contributed by atoms with Crippen molar-refractivity contribution in [2.75, 3.05) is 19.7 Å². The number of halogens is 1. The molecule has 1 fully saturated rings. The molecule has 0 saturated carbocycles. The van der Waals surface area contributed by atoms with Crippen molar-refractivity contribution in [2.45, 2.75) is 46.2 Å². The molecule has 0 atom stereocenters. The molecule has 4 nitrogen and oxygen atoms in total. The molecule has 2 aromatic rings. The van der Waals surface area contributed by atoms with Crippen LogP contribution in [0, 0.1) is 25.6 Å². The van der Waals surface area contributed by atoms with Gasteiger partial charge in [0.15, 0.2) is 0 Å². The fourth-order valence-electron chi connectivity index (χ4n) is 3.84. The van der Waals surface area contributed by atoms with Crippen LogP contribution in [0.1, 0.15) is 35.4 Å². The summed E-state index contributed by atoms with van der Waals surface area (Å²) in [6.07, 6.45) is 3.27. The maximum absolute atomic E-state index is 13.3. The van der Waals surface area contributed by atoms with E-state index in [1.165, 1.54) is 11.6 Å². The maximum Gasteiger partial charge on any atom is 0.123 e. The second-order valence-electron chi connectivity index (χ2n) is 7.15. The molecule has 5 heteroatoms. The Hall–Kier alpha value is -1.72.